The summed E-state index contributed by atoms with van der Waals surface area (Å²) in [5, 5.41) is 2.90. The third-order valence-electron chi connectivity index (χ3n) is 1.90. The molecule has 0 aliphatic heterocycles. The van der Waals surface area contributed by atoms with Gasteiger partial charge >= 0.3 is 0 Å². The molecule has 84 valence electrons. The van der Waals surface area contributed by atoms with Crippen LogP contribution in [0.15, 0.2) is 0 Å². The lowest BCUT2D eigenvalue weighted by Crippen LogP contribution is -2.40. The Hall–Kier alpha value is -0.380. The van der Waals surface area contributed by atoms with Gasteiger partial charge in [0.25, 0.3) is 0 Å². The molecule has 2 atom stereocenters. The van der Waals surface area contributed by atoms with Gasteiger partial charge < -0.3 is 5.32 Å². The van der Waals surface area contributed by atoms with E-state index < -0.39 is 10.8 Å². The molecule has 0 bridgehead atoms. The van der Waals surface area contributed by atoms with Crippen molar-refractivity contribution < 1.29 is 9.00 Å². The van der Waals surface area contributed by atoms with E-state index in [9.17, 15) is 9.00 Å². The first-order chi connectivity index (χ1) is 6.23. The molecule has 4 heteroatoms. The molecule has 0 radical (unpaired) electrons. The van der Waals surface area contributed by atoms with Gasteiger partial charge in [-0.1, -0.05) is 20.8 Å². The molecule has 0 heterocycles. The van der Waals surface area contributed by atoms with E-state index in [1.54, 1.807) is 6.26 Å². The Balaban J connectivity index is 3.89. The number of amides is 1. The fraction of sp³-hybridized carbons (Fsp3) is 0.900. The van der Waals surface area contributed by atoms with Crippen LogP contribution in [0.5, 0.6) is 0 Å². The summed E-state index contributed by atoms with van der Waals surface area (Å²) >= 11 is 0. The van der Waals surface area contributed by atoms with Crippen LogP contribution in [0.4, 0.5) is 0 Å². The minimum atomic E-state index is -0.773. The average Bonchev–Trinajstić information content (AvgIpc) is 1.99. The highest BCUT2D eigenvalue weighted by atomic mass is 32.2. The molecule has 2 unspecified atom stereocenters. The van der Waals surface area contributed by atoms with E-state index in [4.69, 9.17) is 0 Å². The van der Waals surface area contributed by atoms with Gasteiger partial charge in [-0.05, 0) is 13.3 Å². The van der Waals surface area contributed by atoms with Crippen molar-refractivity contribution in [1.82, 2.24) is 5.32 Å². The van der Waals surface area contributed by atoms with Crippen molar-refractivity contribution in [2.45, 2.75) is 40.2 Å². The molecule has 0 saturated heterocycles. The first-order valence-electron chi connectivity index (χ1n) is 4.84. The maximum absolute atomic E-state index is 11.5. The Labute approximate surface area is 89.1 Å². The van der Waals surface area contributed by atoms with Gasteiger partial charge in [-0.2, -0.15) is 0 Å². The van der Waals surface area contributed by atoms with Crippen molar-refractivity contribution in [2.75, 3.05) is 12.0 Å². The summed E-state index contributed by atoms with van der Waals surface area (Å²) in [7, 11) is -0.773. The van der Waals surface area contributed by atoms with E-state index >= 15 is 0 Å². The van der Waals surface area contributed by atoms with Gasteiger partial charge in [-0.3, -0.25) is 9.00 Å². The third kappa shape index (κ3) is 6.13. The Kier molecular flexibility index (Phi) is 5.34. The second kappa shape index (κ2) is 5.49. The monoisotopic (exact) mass is 219 g/mol. The maximum Gasteiger partial charge on any atom is 0.225 e. The van der Waals surface area contributed by atoms with E-state index in [0.29, 0.717) is 5.75 Å². The summed E-state index contributed by atoms with van der Waals surface area (Å²) in [5.74, 6) is 0.692. The number of carbonyl (C=O) groups is 1. The minimum absolute atomic E-state index is 0.0480. The van der Waals surface area contributed by atoms with Crippen molar-refractivity contribution in [3.63, 3.8) is 0 Å². The van der Waals surface area contributed by atoms with E-state index in [1.165, 1.54) is 0 Å². The van der Waals surface area contributed by atoms with Crippen LogP contribution in [0, 0.1) is 5.41 Å². The fourth-order valence-electron chi connectivity index (χ4n) is 0.855. The van der Waals surface area contributed by atoms with Crippen molar-refractivity contribution in [2.24, 2.45) is 5.41 Å². The van der Waals surface area contributed by atoms with Crippen LogP contribution < -0.4 is 5.32 Å². The number of hydrogen-bond donors (Lipinski definition) is 1. The predicted octanol–water partition coefficient (Wildman–Crippen LogP) is 1.31. The number of rotatable bonds is 4. The van der Waals surface area contributed by atoms with Crippen LogP contribution in [0.2, 0.25) is 0 Å². The maximum atomic E-state index is 11.5. The van der Waals surface area contributed by atoms with Crippen molar-refractivity contribution in [3.05, 3.63) is 0 Å². The lowest BCUT2D eigenvalue weighted by molar-refractivity contribution is -0.129. The van der Waals surface area contributed by atoms with E-state index in [2.05, 4.69) is 5.32 Å². The highest BCUT2D eigenvalue weighted by Crippen LogP contribution is 2.13. The zero-order valence-electron chi connectivity index (χ0n) is 9.72. The first-order valence-corrected chi connectivity index (χ1v) is 6.57. The zero-order chi connectivity index (χ0) is 11.4. The summed E-state index contributed by atoms with van der Waals surface area (Å²) in [4.78, 5) is 11.5. The van der Waals surface area contributed by atoms with Crippen LogP contribution in [-0.4, -0.2) is 28.2 Å². The van der Waals surface area contributed by atoms with Gasteiger partial charge in [0.15, 0.2) is 0 Å². The van der Waals surface area contributed by atoms with Crippen molar-refractivity contribution in [1.29, 1.82) is 0 Å². The van der Waals surface area contributed by atoms with Crippen LogP contribution in [-0.2, 0) is 15.6 Å². The normalized spacial score (nSPS) is 16.1. The molecule has 0 spiro atoms. The molecule has 0 aliphatic carbocycles. The van der Waals surface area contributed by atoms with Crippen LogP contribution in [0.25, 0.3) is 0 Å². The molecular formula is C10H21NO2S. The van der Waals surface area contributed by atoms with Crippen molar-refractivity contribution in [3.8, 4) is 0 Å². The fourth-order valence-corrected chi connectivity index (χ4v) is 1.54. The highest BCUT2D eigenvalue weighted by molar-refractivity contribution is 7.84. The average molecular weight is 219 g/mol. The van der Waals surface area contributed by atoms with E-state index in [1.807, 2.05) is 27.7 Å². The SMILES string of the molecule is CC(CCS(C)=O)NC(=O)C(C)(C)C. The van der Waals surface area contributed by atoms with Gasteiger partial charge in [-0.25, -0.2) is 0 Å². The lowest BCUT2D eigenvalue weighted by atomic mass is 9.95. The number of nitrogens with one attached hydrogen (secondary N) is 1. The number of hydrogen-bond acceptors (Lipinski definition) is 2. The lowest BCUT2D eigenvalue weighted by Gasteiger charge is -2.21. The molecule has 0 fully saturated rings. The zero-order valence-corrected chi connectivity index (χ0v) is 10.5. The first kappa shape index (κ1) is 13.6. The second-order valence-corrected chi connectivity index (χ2v) is 6.25. The smallest absolute Gasteiger partial charge is 0.225 e. The van der Waals surface area contributed by atoms with Crippen LogP contribution in [0.1, 0.15) is 34.1 Å². The molecular weight excluding hydrogens is 198 g/mol. The van der Waals surface area contributed by atoms with Crippen LogP contribution >= 0.6 is 0 Å². The Morgan fingerprint density at radius 2 is 1.93 bits per heavy atom. The van der Waals surface area contributed by atoms with E-state index in [-0.39, 0.29) is 17.4 Å². The quantitative estimate of drug-likeness (QED) is 0.775. The van der Waals surface area contributed by atoms with Gasteiger partial charge in [0, 0.05) is 34.3 Å². The summed E-state index contributed by atoms with van der Waals surface area (Å²) in [6.45, 7) is 7.59. The minimum Gasteiger partial charge on any atom is -0.353 e. The van der Waals surface area contributed by atoms with Gasteiger partial charge in [0.2, 0.25) is 5.91 Å². The van der Waals surface area contributed by atoms with Crippen LogP contribution in [0.3, 0.4) is 0 Å². The molecule has 0 aromatic heterocycles. The third-order valence-corrected chi connectivity index (χ3v) is 2.71. The van der Waals surface area contributed by atoms with E-state index in [0.717, 1.165) is 6.42 Å². The molecule has 0 aromatic carbocycles. The summed E-state index contributed by atoms with van der Waals surface area (Å²) in [6.07, 6.45) is 2.45. The molecule has 0 aliphatic rings. The molecule has 0 rings (SSSR count). The molecule has 3 nitrogen and oxygen atoms in total. The molecule has 14 heavy (non-hydrogen) atoms. The molecule has 0 aromatic rings. The van der Waals surface area contributed by atoms with Gasteiger partial charge in [-0.15, -0.1) is 0 Å². The Morgan fingerprint density at radius 1 is 1.43 bits per heavy atom. The summed E-state index contributed by atoms with van der Waals surface area (Å²) < 4.78 is 10.8. The summed E-state index contributed by atoms with van der Waals surface area (Å²) in [5.41, 5.74) is -0.348. The molecule has 1 amide bonds. The van der Waals surface area contributed by atoms with Gasteiger partial charge in [0.05, 0.1) is 0 Å². The molecule has 0 saturated carbocycles. The van der Waals surface area contributed by atoms with Crippen molar-refractivity contribution >= 4 is 16.7 Å². The highest BCUT2D eigenvalue weighted by Gasteiger charge is 2.22. The Morgan fingerprint density at radius 3 is 2.29 bits per heavy atom. The Bertz CT molecular complexity index is 221. The second-order valence-electron chi connectivity index (χ2n) is 4.69. The number of carbonyl (C=O) groups excluding carboxylic acids is 1. The predicted molar refractivity (Wildman–Crippen MR) is 60.6 cm³/mol. The molecule has 1 N–H and O–H groups in total. The largest absolute Gasteiger partial charge is 0.353 e. The summed E-state index contributed by atoms with van der Waals surface area (Å²) in [6, 6.07) is 0.102. The standard InChI is InChI=1S/C10H21NO2S/c1-8(6-7-14(5)13)11-9(12)10(2,3)4/h8H,6-7H2,1-5H3,(H,11,12). The van der Waals surface area contributed by atoms with Gasteiger partial charge in [0.1, 0.15) is 0 Å². The topological polar surface area (TPSA) is 46.2 Å².